The van der Waals surface area contributed by atoms with E-state index in [1.807, 2.05) is 17.5 Å². The molecule has 1 unspecified atom stereocenters. The van der Waals surface area contributed by atoms with Crippen molar-refractivity contribution in [2.75, 3.05) is 0 Å². The second-order valence-electron chi connectivity index (χ2n) is 4.49. The average Bonchev–Trinajstić information content (AvgIpc) is 2.95. The third kappa shape index (κ3) is 3.61. The van der Waals surface area contributed by atoms with Gasteiger partial charge in [-0.2, -0.15) is 0 Å². The van der Waals surface area contributed by atoms with Gasteiger partial charge in [-0.25, -0.2) is 0 Å². The molecule has 1 aromatic heterocycles. The van der Waals surface area contributed by atoms with Gasteiger partial charge in [0, 0.05) is 9.35 Å². The van der Waals surface area contributed by atoms with Gasteiger partial charge in [0.2, 0.25) is 0 Å². The summed E-state index contributed by atoms with van der Waals surface area (Å²) in [7, 11) is 0. The van der Waals surface area contributed by atoms with Crippen molar-refractivity contribution < 1.29 is 9.90 Å². The first-order valence-corrected chi connectivity index (χ1v) is 8.12. The molecule has 2 N–H and O–H groups in total. The lowest BCUT2D eigenvalue weighted by atomic mass is 10.1. The molecular weight excluding hydrogens is 338 g/mol. The van der Waals surface area contributed by atoms with E-state index in [4.69, 9.17) is 0 Å². The van der Waals surface area contributed by atoms with Crippen LogP contribution < -0.4 is 5.32 Å². The van der Waals surface area contributed by atoms with E-state index in [-0.39, 0.29) is 23.3 Å². The minimum atomic E-state index is -0.254. The van der Waals surface area contributed by atoms with Crippen LogP contribution in [0.2, 0.25) is 0 Å². The van der Waals surface area contributed by atoms with Crippen molar-refractivity contribution in [1.29, 1.82) is 0 Å². The molecule has 20 heavy (non-hydrogen) atoms. The Morgan fingerprint density at radius 2 is 2.25 bits per heavy atom. The molecule has 2 aromatic rings. The van der Waals surface area contributed by atoms with Crippen molar-refractivity contribution in [1.82, 2.24) is 5.32 Å². The Kier molecular flexibility index (Phi) is 5.20. The van der Waals surface area contributed by atoms with Gasteiger partial charge in [-0.1, -0.05) is 35.3 Å². The normalized spacial score (nSPS) is 12.1. The third-order valence-corrected chi connectivity index (χ3v) is 4.45. The maximum atomic E-state index is 12.3. The molecule has 2 rings (SSSR count). The zero-order valence-electron chi connectivity index (χ0n) is 11.1. The molecule has 0 saturated heterocycles. The molecule has 0 aliphatic carbocycles. The molecule has 0 fully saturated rings. The van der Waals surface area contributed by atoms with E-state index in [1.165, 1.54) is 6.07 Å². The summed E-state index contributed by atoms with van der Waals surface area (Å²) in [5.41, 5.74) is 0.289. The number of nitrogens with one attached hydrogen (secondary N) is 1. The van der Waals surface area contributed by atoms with Crippen LogP contribution in [0.4, 0.5) is 0 Å². The summed E-state index contributed by atoms with van der Waals surface area (Å²) < 4.78 is 0.767. The molecule has 1 amide bonds. The van der Waals surface area contributed by atoms with Gasteiger partial charge in [0.05, 0.1) is 11.6 Å². The fraction of sp³-hybridized carbons (Fsp3) is 0.267. The predicted molar refractivity (Wildman–Crippen MR) is 85.2 cm³/mol. The minimum Gasteiger partial charge on any atom is -0.507 e. The number of hydrogen-bond acceptors (Lipinski definition) is 3. The highest BCUT2D eigenvalue weighted by Crippen LogP contribution is 2.26. The molecular formula is C15H16BrNO2S. The molecule has 5 heteroatoms. The summed E-state index contributed by atoms with van der Waals surface area (Å²) in [5.74, 6) is -0.261. The smallest absolute Gasteiger partial charge is 0.255 e. The standard InChI is InChI=1S/C15H16BrNO2S/c1-2-4-12(14-5-3-8-20-14)17-15(19)11-9-10(16)6-7-13(11)18/h3,5-9,12,18H,2,4H2,1H3,(H,17,19). The van der Waals surface area contributed by atoms with Crippen LogP contribution in [0.25, 0.3) is 0 Å². The fourth-order valence-corrected chi connectivity index (χ4v) is 3.16. The number of thiophene rings is 1. The van der Waals surface area contributed by atoms with Crippen LogP contribution in [0.5, 0.6) is 5.75 Å². The number of rotatable bonds is 5. The Labute approximate surface area is 130 Å². The first-order valence-electron chi connectivity index (χ1n) is 6.44. The Morgan fingerprint density at radius 3 is 2.90 bits per heavy atom. The van der Waals surface area contributed by atoms with Gasteiger partial charge in [-0.3, -0.25) is 4.79 Å². The number of halogens is 1. The van der Waals surface area contributed by atoms with Gasteiger partial charge in [-0.05, 0) is 36.1 Å². The highest BCUT2D eigenvalue weighted by Gasteiger charge is 2.18. The van der Waals surface area contributed by atoms with E-state index >= 15 is 0 Å². The lowest BCUT2D eigenvalue weighted by Crippen LogP contribution is -2.28. The highest BCUT2D eigenvalue weighted by atomic mass is 79.9. The molecule has 0 aliphatic heterocycles. The zero-order chi connectivity index (χ0) is 14.5. The van der Waals surface area contributed by atoms with Crippen LogP contribution in [0.1, 0.15) is 41.0 Å². The maximum absolute atomic E-state index is 12.3. The molecule has 0 aliphatic rings. The van der Waals surface area contributed by atoms with E-state index in [1.54, 1.807) is 23.5 Å². The first-order chi connectivity index (χ1) is 9.61. The number of carbonyl (C=O) groups is 1. The molecule has 1 aromatic carbocycles. The second-order valence-corrected chi connectivity index (χ2v) is 6.39. The number of hydrogen-bond donors (Lipinski definition) is 2. The molecule has 0 saturated carbocycles. The van der Waals surface area contributed by atoms with Crippen LogP contribution in [-0.4, -0.2) is 11.0 Å². The van der Waals surface area contributed by atoms with Crippen molar-refractivity contribution in [3.8, 4) is 5.75 Å². The summed E-state index contributed by atoms with van der Waals surface area (Å²) in [5, 5.41) is 14.8. The SMILES string of the molecule is CCCC(NC(=O)c1cc(Br)ccc1O)c1cccs1. The van der Waals surface area contributed by atoms with Gasteiger partial charge < -0.3 is 10.4 Å². The number of phenols is 1. The van der Waals surface area contributed by atoms with E-state index in [9.17, 15) is 9.90 Å². The topological polar surface area (TPSA) is 49.3 Å². The second kappa shape index (κ2) is 6.90. The van der Waals surface area contributed by atoms with Gasteiger partial charge in [-0.15, -0.1) is 11.3 Å². The van der Waals surface area contributed by atoms with Crippen LogP contribution in [0.15, 0.2) is 40.2 Å². The van der Waals surface area contributed by atoms with E-state index in [2.05, 4.69) is 28.2 Å². The van der Waals surface area contributed by atoms with Crippen LogP contribution >= 0.6 is 27.3 Å². The summed E-state index contributed by atoms with van der Waals surface area (Å²) in [4.78, 5) is 13.4. The van der Waals surface area contributed by atoms with Gasteiger partial charge >= 0.3 is 0 Å². The minimum absolute atomic E-state index is 0.00729. The molecule has 1 atom stereocenters. The van der Waals surface area contributed by atoms with Crippen molar-refractivity contribution in [3.05, 3.63) is 50.6 Å². The lowest BCUT2D eigenvalue weighted by molar-refractivity contribution is 0.0932. The molecule has 0 spiro atoms. The number of phenolic OH excluding ortho intramolecular Hbond substituents is 1. The first kappa shape index (κ1) is 15.1. The Bertz CT molecular complexity index is 584. The van der Waals surface area contributed by atoms with Gasteiger partial charge in [0.15, 0.2) is 0 Å². The van der Waals surface area contributed by atoms with E-state index < -0.39 is 0 Å². The third-order valence-electron chi connectivity index (χ3n) is 2.97. The number of benzene rings is 1. The monoisotopic (exact) mass is 353 g/mol. The summed E-state index contributed by atoms with van der Waals surface area (Å²) >= 11 is 4.94. The Morgan fingerprint density at radius 1 is 1.45 bits per heavy atom. The zero-order valence-corrected chi connectivity index (χ0v) is 13.5. The summed E-state index contributed by atoms with van der Waals surface area (Å²) in [6.45, 7) is 2.09. The molecule has 0 radical (unpaired) electrons. The maximum Gasteiger partial charge on any atom is 0.255 e. The fourth-order valence-electron chi connectivity index (χ4n) is 1.99. The average molecular weight is 354 g/mol. The van der Waals surface area contributed by atoms with Crippen molar-refractivity contribution >= 4 is 33.2 Å². The predicted octanol–water partition coefficient (Wildman–Crippen LogP) is 4.49. The van der Waals surface area contributed by atoms with E-state index in [0.29, 0.717) is 0 Å². The van der Waals surface area contributed by atoms with Gasteiger partial charge in [0.1, 0.15) is 5.75 Å². The van der Waals surface area contributed by atoms with Crippen LogP contribution in [0, 0.1) is 0 Å². The molecule has 1 heterocycles. The number of amides is 1. The van der Waals surface area contributed by atoms with Crippen LogP contribution in [0.3, 0.4) is 0 Å². The summed E-state index contributed by atoms with van der Waals surface area (Å²) in [6, 6.07) is 8.83. The number of aromatic hydroxyl groups is 1. The molecule has 3 nitrogen and oxygen atoms in total. The lowest BCUT2D eigenvalue weighted by Gasteiger charge is -2.17. The van der Waals surface area contributed by atoms with Crippen molar-refractivity contribution in [2.24, 2.45) is 0 Å². The Balaban J connectivity index is 2.18. The highest BCUT2D eigenvalue weighted by molar-refractivity contribution is 9.10. The molecule has 106 valence electrons. The largest absolute Gasteiger partial charge is 0.507 e. The Hall–Kier alpha value is -1.33. The van der Waals surface area contributed by atoms with Crippen LogP contribution in [-0.2, 0) is 0 Å². The van der Waals surface area contributed by atoms with Crippen molar-refractivity contribution in [2.45, 2.75) is 25.8 Å². The van der Waals surface area contributed by atoms with E-state index in [0.717, 1.165) is 22.2 Å². The van der Waals surface area contributed by atoms with Crippen molar-refractivity contribution in [3.63, 3.8) is 0 Å². The van der Waals surface area contributed by atoms with Gasteiger partial charge in [0.25, 0.3) is 5.91 Å². The molecule has 0 bridgehead atoms. The summed E-state index contributed by atoms with van der Waals surface area (Å²) in [6.07, 6.45) is 1.86. The number of carbonyl (C=O) groups excluding carboxylic acids is 1. The quantitative estimate of drug-likeness (QED) is 0.831.